The number of hydrogen-bond donors (Lipinski definition) is 0. The lowest BCUT2D eigenvalue weighted by Gasteiger charge is -2.30. The number of hydrogen-bond acceptors (Lipinski definition) is 5. The van der Waals surface area contributed by atoms with Crippen LogP contribution in [0.4, 0.5) is 34.1 Å². The lowest BCUT2D eigenvalue weighted by atomic mass is 9.90. The fourth-order valence-corrected chi connectivity index (χ4v) is 8.56. The van der Waals surface area contributed by atoms with E-state index in [0.717, 1.165) is 101 Å². The molecule has 0 saturated carbocycles. The number of nitrogens with zero attached hydrogens (tertiary/aromatic N) is 4. The average Bonchev–Trinajstić information content (AvgIpc) is 3.31. The molecule has 0 radical (unpaired) electrons. The van der Waals surface area contributed by atoms with E-state index in [1.807, 2.05) is 36.9 Å². The van der Waals surface area contributed by atoms with E-state index in [0.29, 0.717) is 0 Å². The van der Waals surface area contributed by atoms with E-state index in [-0.39, 0.29) is 0 Å². The molecule has 0 spiro atoms. The highest BCUT2D eigenvalue weighted by Gasteiger charge is 2.25. The molecule has 0 fully saturated rings. The van der Waals surface area contributed by atoms with Crippen LogP contribution in [0.25, 0.3) is 54.9 Å². The molecule has 0 unspecified atom stereocenters. The van der Waals surface area contributed by atoms with Gasteiger partial charge in [0.25, 0.3) is 0 Å². The minimum Gasteiger partial charge on any atom is -0.456 e. The highest BCUT2D eigenvalue weighted by Crippen LogP contribution is 2.52. The van der Waals surface area contributed by atoms with Crippen molar-refractivity contribution in [2.75, 3.05) is 9.80 Å². The lowest BCUT2D eigenvalue weighted by Crippen LogP contribution is -2.12. The Morgan fingerprint density at radius 2 is 0.932 bits per heavy atom. The van der Waals surface area contributed by atoms with Gasteiger partial charge in [0.1, 0.15) is 11.5 Å². The Bertz CT molecular complexity index is 3140. The van der Waals surface area contributed by atoms with E-state index < -0.39 is 0 Å². The Balaban J connectivity index is 1.05. The van der Waals surface area contributed by atoms with Crippen molar-refractivity contribution < 1.29 is 4.74 Å². The van der Waals surface area contributed by atoms with Gasteiger partial charge >= 0.3 is 0 Å². The number of aromatic nitrogens is 2. The predicted molar refractivity (Wildman–Crippen MR) is 243 cm³/mol. The van der Waals surface area contributed by atoms with E-state index in [1.54, 1.807) is 0 Å². The van der Waals surface area contributed by atoms with Gasteiger partial charge in [-0.1, -0.05) is 115 Å². The second-order valence-electron chi connectivity index (χ2n) is 14.7. The van der Waals surface area contributed by atoms with Gasteiger partial charge in [-0.05, 0) is 106 Å². The van der Waals surface area contributed by atoms with Gasteiger partial charge in [-0.2, -0.15) is 0 Å². The summed E-state index contributed by atoms with van der Waals surface area (Å²) < 4.78 is 6.90. The van der Waals surface area contributed by atoms with E-state index >= 15 is 0 Å². The van der Waals surface area contributed by atoms with Crippen LogP contribution in [-0.2, 0) is 0 Å². The molecule has 11 rings (SSSR count). The molecule has 0 saturated heterocycles. The van der Waals surface area contributed by atoms with Crippen molar-refractivity contribution in [3.8, 4) is 44.9 Å². The maximum Gasteiger partial charge on any atom is 0.137 e. The first kappa shape index (κ1) is 34.2. The first-order valence-electron chi connectivity index (χ1n) is 19.8. The number of ether oxygens (including phenoxy) is 1. The molecular weight excluding hydrogens is 721 g/mol. The molecule has 3 heterocycles. The molecule has 0 N–H and O–H groups in total. The van der Waals surface area contributed by atoms with Crippen molar-refractivity contribution in [3.63, 3.8) is 0 Å². The van der Waals surface area contributed by atoms with Crippen LogP contribution in [0.3, 0.4) is 0 Å². The van der Waals surface area contributed by atoms with Crippen LogP contribution in [0, 0.1) is 0 Å². The van der Waals surface area contributed by atoms with E-state index in [4.69, 9.17) is 4.74 Å². The fourth-order valence-electron chi connectivity index (χ4n) is 8.56. The highest BCUT2D eigenvalue weighted by molar-refractivity contribution is 6.18. The second kappa shape index (κ2) is 14.5. The van der Waals surface area contributed by atoms with Gasteiger partial charge in [-0.25, -0.2) is 0 Å². The molecule has 0 atom stereocenters. The van der Waals surface area contributed by atoms with Crippen LogP contribution in [0.15, 0.2) is 219 Å². The number of fused-ring (bicyclic) bond motifs is 4. The van der Waals surface area contributed by atoms with Gasteiger partial charge in [-0.15, -0.1) is 0 Å². The zero-order chi connectivity index (χ0) is 39.1. The number of anilines is 6. The molecule has 59 heavy (non-hydrogen) atoms. The Hall–Kier alpha value is -8.02. The third-order valence-electron chi connectivity index (χ3n) is 11.2. The SMILES string of the molecule is c1ccc(-c2ccccc2N(c2cccnc2)c2ccc3c(c2)Oc2cccc4c2c-3cc2ccc(N(c3cccnc3)c3ccccc3-c3ccccc3)cc24)cc1. The Morgan fingerprint density at radius 1 is 0.356 bits per heavy atom. The summed E-state index contributed by atoms with van der Waals surface area (Å²) in [5, 5.41) is 4.55. The van der Waals surface area contributed by atoms with Gasteiger partial charge < -0.3 is 14.5 Å². The molecule has 1 aliphatic rings. The third-order valence-corrected chi connectivity index (χ3v) is 11.2. The maximum absolute atomic E-state index is 6.90. The summed E-state index contributed by atoms with van der Waals surface area (Å²) in [6.45, 7) is 0. The number of rotatable bonds is 8. The monoisotopic (exact) mass is 756 g/mol. The number of pyridine rings is 2. The van der Waals surface area contributed by atoms with Crippen LogP contribution in [-0.4, -0.2) is 9.97 Å². The normalized spacial score (nSPS) is 11.5. The Labute approximate surface area is 342 Å². The van der Waals surface area contributed by atoms with Crippen LogP contribution in [0.2, 0.25) is 0 Å². The summed E-state index contributed by atoms with van der Waals surface area (Å²) in [4.78, 5) is 13.6. The Kier molecular flexibility index (Phi) is 8.41. The van der Waals surface area contributed by atoms with Crippen molar-refractivity contribution in [2.24, 2.45) is 0 Å². The Morgan fingerprint density at radius 3 is 1.54 bits per heavy atom. The summed E-state index contributed by atoms with van der Waals surface area (Å²) in [5.74, 6) is 1.65. The van der Waals surface area contributed by atoms with Crippen molar-refractivity contribution in [2.45, 2.75) is 0 Å². The summed E-state index contributed by atoms with van der Waals surface area (Å²) in [7, 11) is 0. The third kappa shape index (κ3) is 6.04. The lowest BCUT2D eigenvalue weighted by molar-refractivity contribution is 0.487. The quantitative estimate of drug-likeness (QED) is 0.144. The maximum atomic E-state index is 6.90. The van der Waals surface area contributed by atoms with Gasteiger partial charge in [-0.3, -0.25) is 9.97 Å². The molecule has 0 bridgehead atoms. The van der Waals surface area contributed by atoms with Crippen LogP contribution in [0.5, 0.6) is 11.5 Å². The van der Waals surface area contributed by atoms with Gasteiger partial charge in [0.2, 0.25) is 0 Å². The van der Waals surface area contributed by atoms with E-state index in [2.05, 4.69) is 202 Å². The van der Waals surface area contributed by atoms with Crippen molar-refractivity contribution >= 4 is 55.7 Å². The van der Waals surface area contributed by atoms with Crippen LogP contribution < -0.4 is 14.5 Å². The molecular formula is C54H36N4O. The number of para-hydroxylation sites is 2. The molecule has 1 aliphatic heterocycles. The second-order valence-corrected chi connectivity index (χ2v) is 14.7. The minimum absolute atomic E-state index is 0.810. The van der Waals surface area contributed by atoms with Crippen molar-refractivity contribution in [1.82, 2.24) is 9.97 Å². The fraction of sp³-hybridized carbons (Fsp3) is 0. The van der Waals surface area contributed by atoms with Crippen LogP contribution in [0.1, 0.15) is 0 Å². The summed E-state index contributed by atoms with van der Waals surface area (Å²) in [6, 6.07) is 68.4. The van der Waals surface area contributed by atoms with E-state index in [1.165, 1.54) is 0 Å². The minimum atomic E-state index is 0.810. The topological polar surface area (TPSA) is 41.5 Å². The molecule has 0 amide bonds. The average molecular weight is 757 g/mol. The van der Waals surface area contributed by atoms with Crippen molar-refractivity contribution in [1.29, 1.82) is 0 Å². The molecule has 2 aromatic heterocycles. The molecule has 0 aliphatic carbocycles. The zero-order valence-electron chi connectivity index (χ0n) is 32.0. The van der Waals surface area contributed by atoms with Crippen molar-refractivity contribution in [3.05, 3.63) is 219 Å². The predicted octanol–water partition coefficient (Wildman–Crippen LogP) is 14.8. The highest BCUT2D eigenvalue weighted by atomic mass is 16.5. The summed E-state index contributed by atoms with van der Waals surface area (Å²) in [6.07, 6.45) is 7.47. The van der Waals surface area contributed by atoms with Gasteiger partial charge in [0, 0.05) is 51.9 Å². The molecule has 278 valence electrons. The van der Waals surface area contributed by atoms with Gasteiger partial charge in [0.15, 0.2) is 0 Å². The molecule has 10 aromatic rings. The smallest absolute Gasteiger partial charge is 0.137 e. The van der Waals surface area contributed by atoms with Gasteiger partial charge in [0.05, 0.1) is 35.1 Å². The van der Waals surface area contributed by atoms with Crippen LogP contribution >= 0.6 is 0 Å². The molecule has 5 heteroatoms. The number of benzene rings is 8. The first-order chi connectivity index (χ1) is 29.3. The standard InChI is InChI=1S/C54H36N4O/c1-3-14-37(15-4-1)44-20-7-9-23-50(44)57(42-18-12-30-55-35-42)40-27-26-39-32-49-46-29-28-41(34-53(46)59-52-25-11-22-47(54(49)52)48(39)33-40)58(43-19-13-31-56-36-43)51-24-10-8-21-45(51)38-16-5-2-6-17-38/h1-36H. The summed E-state index contributed by atoms with van der Waals surface area (Å²) >= 11 is 0. The zero-order valence-corrected chi connectivity index (χ0v) is 32.0. The molecule has 8 aromatic carbocycles. The first-order valence-corrected chi connectivity index (χ1v) is 19.8. The molecule has 5 nitrogen and oxygen atoms in total. The summed E-state index contributed by atoms with van der Waals surface area (Å²) in [5.41, 5.74) is 12.9. The largest absolute Gasteiger partial charge is 0.456 e. The van der Waals surface area contributed by atoms with E-state index in [9.17, 15) is 0 Å².